The third-order valence-electron chi connectivity index (χ3n) is 2.03. The summed E-state index contributed by atoms with van der Waals surface area (Å²) >= 11 is 5.89. The van der Waals surface area contributed by atoms with Crippen molar-refractivity contribution in [3.05, 3.63) is 29.1 Å². The van der Waals surface area contributed by atoms with Crippen molar-refractivity contribution in [1.29, 1.82) is 0 Å². The van der Waals surface area contributed by atoms with Gasteiger partial charge in [0.15, 0.2) is 0 Å². The largest absolute Gasteiger partial charge is 0.462 e. The molecule has 0 aliphatic heterocycles. The lowest BCUT2D eigenvalue weighted by Gasteiger charge is -2.08. The maximum atomic E-state index is 11.5. The number of nitrogens with zero attached hydrogens (tertiary/aromatic N) is 1. The van der Waals surface area contributed by atoms with Crippen molar-refractivity contribution in [2.75, 3.05) is 6.61 Å². The molecular formula is C11H14ClNO2. The Morgan fingerprint density at radius 1 is 1.67 bits per heavy atom. The summed E-state index contributed by atoms with van der Waals surface area (Å²) in [5.74, 6) is -0.337. The van der Waals surface area contributed by atoms with Gasteiger partial charge in [-0.25, -0.2) is 4.79 Å². The van der Waals surface area contributed by atoms with E-state index in [4.69, 9.17) is 16.3 Å². The van der Waals surface area contributed by atoms with E-state index >= 15 is 0 Å². The molecule has 0 saturated carbocycles. The Hall–Kier alpha value is -1.09. The first-order valence-corrected chi connectivity index (χ1v) is 5.27. The van der Waals surface area contributed by atoms with Gasteiger partial charge in [-0.3, -0.25) is 4.98 Å². The zero-order valence-corrected chi connectivity index (χ0v) is 9.84. The van der Waals surface area contributed by atoms with Crippen molar-refractivity contribution in [3.8, 4) is 0 Å². The third kappa shape index (κ3) is 2.93. The first-order valence-electron chi connectivity index (χ1n) is 4.84. The van der Waals surface area contributed by atoms with Crippen molar-refractivity contribution >= 4 is 17.6 Å². The molecule has 4 heteroatoms. The summed E-state index contributed by atoms with van der Waals surface area (Å²) in [7, 11) is 0. The van der Waals surface area contributed by atoms with Crippen LogP contribution in [0, 0.1) is 6.92 Å². The summed E-state index contributed by atoms with van der Waals surface area (Å²) in [5, 5.41) is -0.153. The Balaban J connectivity index is 2.98. The number of rotatable bonds is 3. The SMILES string of the molecule is CCOC(=O)c1cnc(C(C)Cl)cc1C. The molecule has 82 valence electrons. The molecular weight excluding hydrogens is 214 g/mol. The Morgan fingerprint density at radius 3 is 2.80 bits per heavy atom. The first kappa shape index (κ1) is 12.0. The molecule has 0 amide bonds. The highest BCUT2D eigenvalue weighted by molar-refractivity contribution is 6.20. The Labute approximate surface area is 94.4 Å². The molecule has 0 bridgehead atoms. The van der Waals surface area contributed by atoms with Crippen LogP contribution in [0.5, 0.6) is 0 Å². The van der Waals surface area contributed by atoms with Gasteiger partial charge in [0.05, 0.1) is 23.2 Å². The molecule has 1 aromatic heterocycles. The molecule has 0 aromatic carbocycles. The normalized spacial score (nSPS) is 12.3. The maximum Gasteiger partial charge on any atom is 0.339 e. The highest BCUT2D eigenvalue weighted by Crippen LogP contribution is 2.19. The molecule has 15 heavy (non-hydrogen) atoms. The van der Waals surface area contributed by atoms with E-state index in [-0.39, 0.29) is 11.3 Å². The van der Waals surface area contributed by atoms with Gasteiger partial charge >= 0.3 is 5.97 Å². The molecule has 1 atom stereocenters. The maximum absolute atomic E-state index is 11.5. The van der Waals surface area contributed by atoms with Gasteiger partial charge in [-0.05, 0) is 32.4 Å². The average Bonchev–Trinajstić information content (AvgIpc) is 2.17. The van der Waals surface area contributed by atoms with Crippen LogP contribution in [-0.4, -0.2) is 17.6 Å². The topological polar surface area (TPSA) is 39.2 Å². The van der Waals surface area contributed by atoms with Gasteiger partial charge in [0, 0.05) is 6.20 Å². The molecule has 0 aliphatic carbocycles. The lowest BCUT2D eigenvalue weighted by Crippen LogP contribution is -2.08. The molecule has 0 N–H and O–H groups in total. The zero-order chi connectivity index (χ0) is 11.4. The number of hydrogen-bond donors (Lipinski definition) is 0. The number of aryl methyl sites for hydroxylation is 1. The minimum atomic E-state index is -0.337. The van der Waals surface area contributed by atoms with E-state index in [9.17, 15) is 4.79 Å². The molecule has 0 saturated heterocycles. The van der Waals surface area contributed by atoms with Crippen LogP contribution in [-0.2, 0) is 4.74 Å². The van der Waals surface area contributed by atoms with Crippen LogP contribution in [0.15, 0.2) is 12.3 Å². The molecule has 1 heterocycles. The first-order chi connectivity index (χ1) is 7.06. The van der Waals surface area contributed by atoms with Crippen molar-refractivity contribution in [3.63, 3.8) is 0 Å². The van der Waals surface area contributed by atoms with Crippen LogP contribution in [0.25, 0.3) is 0 Å². The van der Waals surface area contributed by atoms with E-state index in [0.717, 1.165) is 11.3 Å². The number of ether oxygens (including phenoxy) is 1. The van der Waals surface area contributed by atoms with Crippen molar-refractivity contribution in [2.45, 2.75) is 26.1 Å². The fraction of sp³-hybridized carbons (Fsp3) is 0.455. The second kappa shape index (κ2) is 5.12. The summed E-state index contributed by atoms with van der Waals surface area (Å²) in [6.07, 6.45) is 1.52. The van der Waals surface area contributed by atoms with Crippen LogP contribution in [0.4, 0.5) is 0 Å². The highest BCUT2D eigenvalue weighted by atomic mass is 35.5. The van der Waals surface area contributed by atoms with E-state index in [0.29, 0.717) is 12.2 Å². The summed E-state index contributed by atoms with van der Waals surface area (Å²) in [5.41, 5.74) is 2.10. The van der Waals surface area contributed by atoms with Gasteiger partial charge < -0.3 is 4.74 Å². The minimum absolute atomic E-state index is 0.153. The molecule has 0 aliphatic rings. The summed E-state index contributed by atoms with van der Waals surface area (Å²) in [6.45, 7) is 5.83. The van der Waals surface area contributed by atoms with Crippen molar-refractivity contribution < 1.29 is 9.53 Å². The third-order valence-corrected chi connectivity index (χ3v) is 2.26. The quantitative estimate of drug-likeness (QED) is 0.589. The average molecular weight is 228 g/mol. The number of alkyl halides is 1. The van der Waals surface area contributed by atoms with Crippen molar-refractivity contribution in [2.24, 2.45) is 0 Å². The van der Waals surface area contributed by atoms with Crippen LogP contribution in [0.2, 0.25) is 0 Å². The van der Waals surface area contributed by atoms with Gasteiger partial charge in [0.1, 0.15) is 0 Å². The number of halogens is 1. The fourth-order valence-corrected chi connectivity index (χ4v) is 1.34. The van der Waals surface area contributed by atoms with Gasteiger partial charge in [0.2, 0.25) is 0 Å². The smallest absolute Gasteiger partial charge is 0.339 e. The standard InChI is InChI=1S/C11H14ClNO2/c1-4-15-11(14)9-6-13-10(8(3)12)5-7(9)2/h5-6,8H,4H2,1-3H3. The number of pyridine rings is 1. The number of esters is 1. The van der Waals surface area contributed by atoms with E-state index in [1.165, 1.54) is 6.20 Å². The van der Waals surface area contributed by atoms with Gasteiger partial charge in [-0.1, -0.05) is 0 Å². The lowest BCUT2D eigenvalue weighted by molar-refractivity contribution is 0.0525. The predicted molar refractivity (Wildman–Crippen MR) is 59.2 cm³/mol. The monoisotopic (exact) mass is 227 g/mol. The van der Waals surface area contributed by atoms with Crippen LogP contribution in [0.1, 0.15) is 40.8 Å². The van der Waals surface area contributed by atoms with Gasteiger partial charge in [-0.15, -0.1) is 11.6 Å². The lowest BCUT2D eigenvalue weighted by atomic mass is 10.1. The predicted octanol–water partition coefficient (Wildman–Crippen LogP) is 2.87. The molecule has 0 radical (unpaired) electrons. The molecule has 0 spiro atoms. The highest BCUT2D eigenvalue weighted by Gasteiger charge is 2.12. The summed E-state index contributed by atoms with van der Waals surface area (Å²) in [6, 6.07) is 1.81. The fourth-order valence-electron chi connectivity index (χ4n) is 1.22. The number of carbonyl (C=O) groups is 1. The van der Waals surface area contributed by atoms with Gasteiger partial charge in [0.25, 0.3) is 0 Å². The molecule has 3 nitrogen and oxygen atoms in total. The van der Waals surface area contributed by atoms with Crippen LogP contribution < -0.4 is 0 Å². The van der Waals surface area contributed by atoms with Crippen LogP contribution in [0.3, 0.4) is 0 Å². The molecule has 0 fully saturated rings. The molecule has 1 rings (SSSR count). The van der Waals surface area contributed by atoms with E-state index in [1.54, 1.807) is 6.92 Å². The Kier molecular flexibility index (Phi) is 4.09. The number of carbonyl (C=O) groups excluding carboxylic acids is 1. The van der Waals surface area contributed by atoms with Crippen molar-refractivity contribution in [1.82, 2.24) is 4.98 Å². The van der Waals surface area contributed by atoms with Gasteiger partial charge in [-0.2, -0.15) is 0 Å². The van der Waals surface area contributed by atoms with E-state index in [1.807, 2.05) is 19.9 Å². The summed E-state index contributed by atoms with van der Waals surface area (Å²) < 4.78 is 4.90. The Morgan fingerprint density at radius 2 is 2.33 bits per heavy atom. The van der Waals surface area contributed by atoms with E-state index < -0.39 is 0 Å². The second-order valence-corrected chi connectivity index (χ2v) is 3.92. The minimum Gasteiger partial charge on any atom is -0.462 e. The summed E-state index contributed by atoms with van der Waals surface area (Å²) in [4.78, 5) is 15.6. The number of aromatic nitrogens is 1. The molecule has 1 aromatic rings. The Bertz CT molecular complexity index is 364. The number of hydrogen-bond acceptors (Lipinski definition) is 3. The van der Waals surface area contributed by atoms with Crippen LogP contribution >= 0.6 is 11.6 Å². The zero-order valence-electron chi connectivity index (χ0n) is 9.08. The van der Waals surface area contributed by atoms with E-state index in [2.05, 4.69) is 4.98 Å². The molecule has 1 unspecified atom stereocenters. The second-order valence-electron chi connectivity index (χ2n) is 3.26.